The Kier molecular flexibility index (Phi) is 5.83. The average Bonchev–Trinajstić information content (AvgIpc) is 2.87. The second kappa shape index (κ2) is 7.41. The van der Waals surface area contributed by atoms with Gasteiger partial charge < -0.3 is 10.0 Å². The fraction of sp³-hybridized carbons (Fsp3) is 0.429. The number of nitrogens with one attached hydrogen (secondary N) is 1. The number of hydrogen-bond acceptors (Lipinski definition) is 4. The van der Waals surface area contributed by atoms with E-state index in [-0.39, 0.29) is 26.1 Å². The van der Waals surface area contributed by atoms with Crippen molar-refractivity contribution in [2.45, 2.75) is 17.5 Å². The van der Waals surface area contributed by atoms with Gasteiger partial charge in [0, 0.05) is 26.1 Å². The Morgan fingerprint density at radius 3 is 2.54 bits per heavy atom. The van der Waals surface area contributed by atoms with E-state index in [1.165, 1.54) is 4.90 Å². The number of carbonyl (C=O) groups is 2. The second-order valence-corrected chi connectivity index (χ2v) is 7.76. The molecule has 0 aliphatic carbocycles. The highest BCUT2D eigenvalue weighted by Gasteiger charge is 2.34. The molecule has 144 valence electrons. The van der Waals surface area contributed by atoms with Gasteiger partial charge in [0.2, 0.25) is 15.9 Å². The minimum Gasteiger partial charge on any atom is -0.481 e. The molecule has 1 amide bonds. The van der Waals surface area contributed by atoms with Crippen LogP contribution in [0.15, 0.2) is 23.1 Å². The van der Waals surface area contributed by atoms with Crippen LogP contribution in [0.3, 0.4) is 0 Å². The van der Waals surface area contributed by atoms with Crippen molar-refractivity contribution in [2.75, 3.05) is 19.6 Å². The van der Waals surface area contributed by atoms with Crippen molar-refractivity contribution in [3.63, 3.8) is 0 Å². The summed E-state index contributed by atoms with van der Waals surface area (Å²) in [5.41, 5.74) is -1.08. The maximum absolute atomic E-state index is 12.6. The van der Waals surface area contributed by atoms with Crippen molar-refractivity contribution >= 4 is 33.5 Å². The Labute approximate surface area is 151 Å². The number of halogens is 4. The molecule has 1 aliphatic heterocycles. The van der Waals surface area contributed by atoms with Gasteiger partial charge in [-0.2, -0.15) is 13.2 Å². The lowest BCUT2D eigenvalue weighted by Gasteiger charge is -2.17. The summed E-state index contributed by atoms with van der Waals surface area (Å²) in [5.74, 6) is -2.37. The molecule has 1 atom stereocenters. The van der Waals surface area contributed by atoms with Crippen LogP contribution in [0.2, 0.25) is 5.02 Å². The summed E-state index contributed by atoms with van der Waals surface area (Å²) in [5, 5.41) is 8.29. The second-order valence-electron chi connectivity index (χ2n) is 5.62. The van der Waals surface area contributed by atoms with E-state index in [4.69, 9.17) is 16.7 Å². The number of hydrogen-bond donors (Lipinski definition) is 2. The maximum Gasteiger partial charge on any atom is 0.416 e. The molecule has 2 N–H and O–H groups in total. The van der Waals surface area contributed by atoms with E-state index in [0.29, 0.717) is 12.1 Å². The fourth-order valence-corrected chi connectivity index (χ4v) is 4.01. The summed E-state index contributed by atoms with van der Waals surface area (Å²) < 4.78 is 64.2. The van der Waals surface area contributed by atoms with Gasteiger partial charge in [0.25, 0.3) is 0 Å². The molecule has 0 radical (unpaired) electrons. The smallest absolute Gasteiger partial charge is 0.416 e. The lowest BCUT2D eigenvalue weighted by molar-refractivity contribution is -0.141. The van der Waals surface area contributed by atoms with E-state index in [9.17, 15) is 31.2 Å². The van der Waals surface area contributed by atoms with Gasteiger partial charge in [0.1, 0.15) is 4.90 Å². The lowest BCUT2D eigenvalue weighted by atomic mass is 10.1. The van der Waals surface area contributed by atoms with Crippen molar-refractivity contribution in [1.82, 2.24) is 9.62 Å². The first kappa shape index (κ1) is 20.5. The molecule has 0 spiro atoms. The fourth-order valence-electron chi connectivity index (χ4n) is 2.44. The third-order valence-electron chi connectivity index (χ3n) is 3.79. The van der Waals surface area contributed by atoms with Crippen LogP contribution in [0.1, 0.15) is 12.0 Å². The number of rotatable bonds is 6. The number of carboxylic acid groups (broad SMARTS) is 1. The lowest BCUT2D eigenvalue weighted by Crippen LogP contribution is -2.36. The maximum atomic E-state index is 12.6. The largest absolute Gasteiger partial charge is 0.481 e. The molecule has 1 fully saturated rings. The normalized spacial score (nSPS) is 18.4. The Balaban J connectivity index is 2.01. The molecule has 7 nitrogen and oxygen atoms in total. The van der Waals surface area contributed by atoms with Crippen LogP contribution < -0.4 is 4.72 Å². The average molecular weight is 415 g/mol. The number of alkyl halides is 3. The van der Waals surface area contributed by atoms with E-state index in [1.807, 2.05) is 0 Å². The van der Waals surface area contributed by atoms with Crippen LogP contribution >= 0.6 is 11.6 Å². The Bertz CT molecular complexity index is 828. The highest BCUT2D eigenvalue weighted by Crippen LogP contribution is 2.33. The molecular formula is C14H14ClF3N2O5S. The van der Waals surface area contributed by atoms with Crippen LogP contribution in [-0.2, 0) is 25.8 Å². The van der Waals surface area contributed by atoms with E-state index < -0.39 is 49.5 Å². The van der Waals surface area contributed by atoms with Gasteiger partial charge in [0.15, 0.2) is 0 Å². The van der Waals surface area contributed by atoms with E-state index in [2.05, 4.69) is 4.72 Å². The summed E-state index contributed by atoms with van der Waals surface area (Å²) in [7, 11) is -4.20. The minimum absolute atomic E-state index is 0.0308. The Morgan fingerprint density at radius 1 is 1.38 bits per heavy atom. The highest BCUT2D eigenvalue weighted by atomic mass is 35.5. The molecular weight excluding hydrogens is 401 g/mol. The first-order valence-corrected chi connectivity index (χ1v) is 9.15. The van der Waals surface area contributed by atoms with E-state index in [1.54, 1.807) is 0 Å². The predicted octanol–water partition coefficient (Wildman–Crippen LogP) is 1.57. The van der Waals surface area contributed by atoms with Crippen molar-refractivity contribution in [3.8, 4) is 0 Å². The van der Waals surface area contributed by atoms with Gasteiger partial charge in [-0.05, 0) is 18.2 Å². The molecule has 26 heavy (non-hydrogen) atoms. The number of amides is 1. The zero-order valence-electron chi connectivity index (χ0n) is 13.1. The van der Waals surface area contributed by atoms with Crippen molar-refractivity contribution < 1.29 is 36.3 Å². The van der Waals surface area contributed by atoms with Crippen molar-refractivity contribution in [1.29, 1.82) is 0 Å². The molecule has 1 saturated heterocycles. The van der Waals surface area contributed by atoms with Crippen LogP contribution in [0, 0.1) is 5.92 Å². The molecule has 2 rings (SSSR count). The molecule has 0 bridgehead atoms. The number of likely N-dealkylation sites (tertiary alicyclic amines) is 1. The van der Waals surface area contributed by atoms with Gasteiger partial charge in [-0.15, -0.1) is 0 Å². The van der Waals surface area contributed by atoms with Gasteiger partial charge in [-0.25, -0.2) is 13.1 Å². The number of nitrogens with zero attached hydrogens (tertiary/aromatic N) is 1. The van der Waals surface area contributed by atoms with Crippen LogP contribution in [-0.4, -0.2) is 49.9 Å². The topological polar surface area (TPSA) is 104 Å². The number of aliphatic carboxylic acids is 1. The Hall–Kier alpha value is -1.85. The molecule has 12 heteroatoms. The number of carboxylic acids is 1. The molecule has 0 aromatic heterocycles. The highest BCUT2D eigenvalue weighted by molar-refractivity contribution is 7.89. The molecule has 1 aromatic rings. The van der Waals surface area contributed by atoms with Crippen molar-refractivity contribution in [2.24, 2.45) is 5.92 Å². The van der Waals surface area contributed by atoms with Crippen LogP contribution in [0.25, 0.3) is 0 Å². The molecule has 1 aromatic carbocycles. The molecule has 1 aliphatic rings. The summed E-state index contributed by atoms with van der Waals surface area (Å²) in [6.07, 6.45) is -4.82. The van der Waals surface area contributed by atoms with Gasteiger partial charge in [0.05, 0.1) is 16.5 Å². The monoisotopic (exact) mass is 414 g/mol. The van der Waals surface area contributed by atoms with Gasteiger partial charge in [-0.1, -0.05) is 11.6 Å². The number of sulfonamides is 1. The predicted molar refractivity (Wildman–Crippen MR) is 84.0 cm³/mol. The zero-order valence-corrected chi connectivity index (χ0v) is 14.7. The first-order valence-electron chi connectivity index (χ1n) is 7.29. The first-order chi connectivity index (χ1) is 11.9. The molecule has 1 unspecified atom stereocenters. The third kappa shape index (κ3) is 4.65. The minimum atomic E-state index is -4.66. The van der Waals surface area contributed by atoms with Crippen molar-refractivity contribution in [3.05, 3.63) is 28.8 Å². The SMILES string of the molecule is O=C(O)C1CC(=O)N(CCNS(=O)(=O)c2ccc(C(F)(F)F)cc2Cl)C1. The van der Waals surface area contributed by atoms with Crippen LogP contribution in [0.5, 0.6) is 0 Å². The summed E-state index contributed by atoms with van der Waals surface area (Å²) in [6.45, 7) is -0.339. The zero-order chi connectivity index (χ0) is 19.7. The van der Waals surface area contributed by atoms with E-state index in [0.717, 1.165) is 6.07 Å². The number of benzene rings is 1. The van der Waals surface area contributed by atoms with Crippen LogP contribution in [0.4, 0.5) is 13.2 Å². The summed E-state index contributed by atoms with van der Waals surface area (Å²) in [4.78, 5) is 23.2. The third-order valence-corrected chi connectivity index (χ3v) is 5.73. The quantitative estimate of drug-likeness (QED) is 0.735. The standard InChI is InChI=1S/C14H14ClF3N2O5S/c15-10-6-9(14(16,17)18)1-2-11(10)26(24,25)19-3-4-20-7-8(13(22)23)5-12(20)21/h1-2,6,8,19H,3-5,7H2,(H,22,23). The summed E-state index contributed by atoms with van der Waals surface area (Å²) >= 11 is 5.65. The Morgan fingerprint density at radius 2 is 2.04 bits per heavy atom. The molecule has 1 heterocycles. The number of carbonyl (C=O) groups excluding carboxylic acids is 1. The molecule has 0 saturated carbocycles. The van der Waals surface area contributed by atoms with E-state index >= 15 is 0 Å². The van der Waals surface area contributed by atoms with Gasteiger partial charge >= 0.3 is 12.1 Å². The summed E-state index contributed by atoms with van der Waals surface area (Å²) in [6, 6.07) is 1.86. The van der Waals surface area contributed by atoms with Gasteiger partial charge in [-0.3, -0.25) is 9.59 Å².